The SMILES string of the molecule is CCCc1c(C=O)nnn1Cc1cccc(Cl)c1. The summed E-state index contributed by atoms with van der Waals surface area (Å²) in [7, 11) is 0. The van der Waals surface area contributed by atoms with Crippen LogP contribution in [0.2, 0.25) is 5.02 Å². The van der Waals surface area contributed by atoms with Crippen LogP contribution in [0.5, 0.6) is 0 Å². The van der Waals surface area contributed by atoms with Gasteiger partial charge in [0.25, 0.3) is 0 Å². The number of aldehydes is 1. The van der Waals surface area contributed by atoms with E-state index >= 15 is 0 Å². The highest BCUT2D eigenvalue weighted by molar-refractivity contribution is 6.30. The summed E-state index contributed by atoms with van der Waals surface area (Å²) < 4.78 is 1.76. The highest BCUT2D eigenvalue weighted by atomic mass is 35.5. The number of benzene rings is 1. The van der Waals surface area contributed by atoms with Gasteiger partial charge in [0.2, 0.25) is 0 Å². The molecule has 2 aromatic rings. The van der Waals surface area contributed by atoms with E-state index in [0.29, 0.717) is 17.3 Å². The van der Waals surface area contributed by atoms with Gasteiger partial charge < -0.3 is 0 Å². The van der Waals surface area contributed by atoms with Crippen LogP contribution in [0.3, 0.4) is 0 Å². The smallest absolute Gasteiger partial charge is 0.172 e. The van der Waals surface area contributed by atoms with Crippen molar-refractivity contribution in [1.29, 1.82) is 0 Å². The molecule has 0 aliphatic rings. The maximum atomic E-state index is 10.9. The van der Waals surface area contributed by atoms with Gasteiger partial charge in [-0.15, -0.1) is 5.10 Å². The zero-order chi connectivity index (χ0) is 13.0. The quantitative estimate of drug-likeness (QED) is 0.780. The van der Waals surface area contributed by atoms with Gasteiger partial charge in [0.1, 0.15) is 5.69 Å². The Labute approximate surface area is 111 Å². The standard InChI is InChI=1S/C13H14ClN3O/c1-2-4-13-12(9-18)15-16-17(13)8-10-5-3-6-11(14)7-10/h3,5-7,9H,2,4,8H2,1H3. The highest BCUT2D eigenvalue weighted by Crippen LogP contribution is 2.14. The Bertz CT molecular complexity index is 551. The van der Waals surface area contributed by atoms with E-state index in [4.69, 9.17) is 11.6 Å². The summed E-state index contributed by atoms with van der Waals surface area (Å²) in [5.41, 5.74) is 2.36. The third-order valence-corrected chi connectivity index (χ3v) is 2.92. The van der Waals surface area contributed by atoms with E-state index in [1.54, 1.807) is 4.68 Å². The van der Waals surface area contributed by atoms with Crippen molar-refractivity contribution >= 4 is 17.9 Å². The van der Waals surface area contributed by atoms with Gasteiger partial charge in [-0.05, 0) is 24.1 Å². The first-order valence-electron chi connectivity index (χ1n) is 5.86. The summed E-state index contributed by atoms with van der Waals surface area (Å²) in [5, 5.41) is 8.60. The third-order valence-electron chi connectivity index (χ3n) is 2.69. The number of aromatic nitrogens is 3. The Morgan fingerprint density at radius 2 is 2.28 bits per heavy atom. The van der Waals surface area contributed by atoms with Crippen LogP contribution in [0, 0.1) is 0 Å². The molecule has 0 spiro atoms. The molecule has 1 aromatic heterocycles. The average molecular weight is 264 g/mol. The van der Waals surface area contributed by atoms with Crippen molar-refractivity contribution in [2.24, 2.45) is 0 Å². The Morgan fingerprint density at radius 3 is 2.94 bits per heavy atom. The van der Waals surface area contributed by atoms with Crippen molar-refractivity contribution in [2.75, 3.05) is 0 Å². The van der Waals surface area contributed by atoms with Crippen LogP contribution in [0.1, 0.15) is 35.1 Å². The first kappa shape index (κ1) is 12.8. The van der Waals surface area contributed by atoms with Crippen molar-refractivity contribution in [1.82, 2.24) is 15.0 Å². The van der Waals surface area contributed by atoms with Crippen molar-refractivity contribution in [3.63, 3.8) is 0 Å². The van der Waals surface area contributed by atoms with Crippen molar-refractivity contribution < 1.29 is 4.79 Å². The fraction of sp³-hybridized carbons (Fsp3) is 0.308. The van der Waals surface area contributed by atoms with E-state index in [2.05, 4.69) is 17.2 Å². The fourth-order valence-electron chi connectivity index (χ4n) is 1.87. The van der Waals surface area contributed by atoms with Gasteiger partial charge in [0.15, 0.2) is 6.29 Å². The molecule has 5 heteroatoms. The van der Waals surface area contributed by atoms with Crippen molar-refractivity contribution in [3.05, 3.63) is 46.2 Å². The molecule has 0 atom stereocenters. The highest BCUT2D eigenvalue weighted by Gasteiger charge is 2.11. The zero-order valence-electron chi connectivity index (χ0n) is 10.1. The molecule has 0 N–H and O–H groups in total. The van der Waals surface area contributed by atoms with Crippen LogP contribution in [0.15, 0.2) is 24.3 Å². The first-order chi connectivity index (χ1) is 8.74. The van der Waals surface area contributed by atoms with Crippen LogP contribution >= 0.6 is 11.6 Å². The lowest BCUT2D eigenvalue weighted by Crippen LogP contribution is -2.07. The summed E-state index contributed by atoms with van der Waals surface area (Å²) in [4.78, 5) is 10.9. The second-order valence-corrected chi connectivity index (χ2v) is 4.51. The minimum atomic E-state index is 0.430. The summed E-state index contributed by atoms with van der Waals surface area (Å²) in [6.45, 7) is 2.64. The Hall–Kier alpha value is -1.68. The van der Waals surface area contributed by atoms with E-state index in [1.165, 1.54) is 0 Å². The molecule has 18 heavy (non-hydrogen) atoms. The molecule has 4 nitrogen and oxygen atoms in total. The van der Waals surface area contributed by atoms with Gasteiger partial charge in [-0.2, -0.15) is 0 Å². The Morgan fingerprint density at radius 1 is 1.44 bits per heavy atom. The number of nitrogens with zero attached hydrogens (tertiary/aromatic N) is 3. The lowest BCUT2D eigenvalue weighted by atomic mass is 10.2. The normalized spacial score (nSPS) is 10.6. The number of hydrogen-bond donors (Lipinski definition) is 0. The molecule has 1 heterocycles. The maximum absolute atomic E-state index is 10.9. The molecule has 0 aliphatic carbocycles. The van der Waals surface area contributed by atoms with E-state index in [9.17, 15) is 4.79 Å². The molecule has 0 bridgehead atoms. The number of hydrogen-bond acceptors (Lipinski definition) is 3. The fourth-order valence-corrected chi connectivity index (χ4v) is 2.08. The molecular formula is C13H14ClN3O. The number of rotatable bonds is 5. The van der Waals surface area contributed by atoms with Crippen LogP contribution in [0.25, 0.3) is 0 Å². The maximum Gasteiger partial charge on any atom is 0.172 e. The van der Waals surface area contributed by atoms with Crippen LogP contribution in [-0.2, 0) is 13.0 Å². The molecular weight excluding hydrogens is 250 g/mol. The second-order valence-electron chi connectivity index (χ2n) is 4.08. The van der Waals surface area contributed by atoms with Crippen molar-refractivity contribution in [3.8, 4) is 0 Å². The minimum Gasteiger partial charge on any atom is -0.296 e. The van der Waals surface area contributed by atoms with Gasteiger partial charge in [0, 0.05) is 5.02 Å². The monoisotopic (exact) mass is 263 g/mol. The molecule has 0 fully saturated rings. The molecule has 0 unspecified atom stereocenters. The van der Waals surface area contributed by atoms with Gasteiger partial charge in [-0.3, -0.25) is 4.79 Å². The first-order valence-corrected chi connectivity index (χ1v) is 6.24. The van der Waals surface area contributed by atoms with Gasteiger partial charge >= 0.3 is 0 Å². The zero-order valence-corrected chi connectivity index (χ0v) is 10.9. The van der Waals surface area contributed by atoms with Gasteiger partial charge in [-0.25, -0.2) is 4.68 Å². The lowest BCUT2D eigenvalue weighted by Gasteiger charge is -2.06. The van der Waals surface area contributed by atoms with E-state index in [1.807, 2.05) is 24.3 Å². The van der Waals surface area contributed by atoms with Crippen LogP contribution in [0.4, 0.5) is 0 Å². The molecule has 0 saturated carbocycles. The minimum absolute atomic E-state index is 0.430. The van der Waals surface area contributed by atoms with E-state index in [-0.39, 0.29) is 0 Å². The van der Waals surface area contributed by atoms with Crippen molar-refractivity contribution in [2.45, 2.75) is 26.3 Å². The molecule has 2 rings (SSSR count). The molecule has 1 aromatic carbocycles. The topological polar surface area (TPSA) is 47.8 Å². The number of halogens is 1. The number of carbonyl (C=O) groups is 1. The molecule has 0 saturated heterocycles. The van der Waals surface area contributed by atoms with Gasteiger partial charge in [0.05, 0.1) is 12.2 Å². The molecule has 94 valence electrons. The van der Waals surface area contributed by atoms with Crippen LogP contribution < -0.4 is 0 Å². The van der Waals surface area contributed by atoms with E-state index in [0.717, 1.165) is 30.4 Å². The Kier molecular flexibility index (Phi) is 4.10. The molecule has 0 radical (unpaired) electrons. The lowest BCUT2D eigenvalue weighted by molar-refractivity contribution is 0.111. The number of carbonyl (C=O) groups excluding carboxylic acids is 1. The molecule has 0 aliphatic heterocycles. The second kappa shape index (κ2) is 5.78. The summed E-state index contributed by atoms with van der Waals surface area (Å²) >= 11 is 5.94. The predicted octanol–water partition coefficient (Wildman–Crippen LogP) is 2.74. The van der Waals surface area contributed by atoms with Gasteiger partial charge in [-0.1, -0.05) is 42.3 Å². The van der Waals surface area contributed by atoms with Crippen LogP contribution in [-0.4, -0.2) is 21.3 Å². The predicted molar refractivity (Wildman–Crippen MR) is 70.0 cm³/mol. The summed E-state index contributed by atoms with van der Waals surface area (Å²) in [6, 6.07) is 7.59. The Balaban J connectivity index is 2.28. The largest absolute Gasteiger partial charge is 0.296 e. The molecule has 0 amide bonds. The van der Waals surface area contributed by atoms with E-state index < -0.39 is 0 Å². The summed E-state index contributed by atoms with van der Waals surface area (Å²) in [5.74, 6) is 0. The third kappa shape index (κ3) is 2.76. The average Bonchev–Trinajstić information content (AvgIpc) is 2.72. The summed E-state index contributed by atoms with van der Waals surface area (Å²) in [6.07, 6.45) is 2.50.